The first-order valence-corrected chi connectivity index (χ1v) is 7.90. The summed E-state index contributed by atoms with van der Waals surface area (Å²) in [6.45, 7) is 0. The lowest BCUT2D eigenvalue weighted by Gasteiger charge is -2.23. The van der Waals surface area contributed by atoms with Crippen molar-refractivity contribution in [2.45, 2.75) is 12.5 Å². The second-order valence-corrected chi connectivity index (χ2v) is 6.15. The topological polar surface area (TPSA) is 53.2 Å². The Labute approximate surface area is 140 Å². The number of Topliss-reactive ketones (excluding diaryl/α,β-unsaturated/α-hetero) is 1. The molecule has 1 atom stereocenters. The number of hydrogen-bond donors (Lipinski definition) is 1. The molecular formula is C20H20N2O2. The van der Waals surface area contributed by atoms with Crippen LogP contribution in [0.2, 0.25) is 0 Å². The molecule has 3 rings (SSSR count). The third-order valence-corrected chi connectivity index (χ3v) is 4.15. The minimum absolute atomic E-state index is 0.110. The second kappa shape index (κ2) is 6.81. The molecule has 122 valence electrons. The molecule has 0 saturated carbocycles. The number of ketones is 1. The first-order chi connectivity index (χ1) is 11.6. The predicted octanol–water partition coefficient (Wildman–Crippen LogP) is 2.94. The Morgan fingerprint density at radius 1 is 1.08 bits per heavy atom. The summed E-state index contributed by atoms with van der Waals surface area (Å²) in [6.07, 6.45) is 1.96. The Kier molecular flexibility index (Phi) is 4.58. The monoisotopic (exact) mass is 320 g/mol. The lowest BCUT2D eigenvalue weighted by molar-refractivity contribution is -0.123. The zero-order valence-corrected chi connectivity index (χ0v) is 13.8. The quantitative estimate of drug-likeness (QED) is 0.786. The van der Waals surface area contributed by atoms with E-state index in [0.717, 1.165) is 16.5 Å². The van der Waals surface area contributed by atoms with Crippen molar-refractivity contribution in [2.24, 2.45) is 0 Å². The molecule has 1 heterocycles. The standard InChI is InChI=1S/C20H20N2O2/c1-22(2)19(15-6-4-3-5-7-15)18(23)13-14-8-9-17-16(12-14)10-11-21-20(17)24/h3-12,19H,13H2,1-2H3,(H,21,24). The maximum Gasteiger partial charge on any atom is 0.255 e. The average Bonchev–Trinajstić information content (AvgIpc) is 2.55. The van der Waals surface area contributed by atoms with E-state index in [9.17, 15) is 9.59 Å². The first-order valence-electron chi connectivity index (χ1n) is 7.90. The van der Waals surface area contributed by atoms with Crippen LogP contribution in [0.15, 0.2) is 65.6 Å². The molecule has 0 aliphatic carbocycles. The maximum atomic E-state index is 12.8. The molecule has 4 heteroatoms. The number of fused-ring (bicyclic) bond motifs is 1. The van der Waals surface area contributed by atoms with E-state index < -0.39 is 0 Å². The van der Waals surface area contributed by atoms with Crippen molar-refractivity contribution < 1.29 is 4.79 Å². The van der Waals surface area contributed by atoms with Crippen LogP contribution in [0.1, 0.15) is 17.2 Å². The molecule has 0 spiro atoms. The molecule has 1 N–H and O–H groups in total. The number of benzene rings is 2. The highest BCUT2D eigenvalue weighted by atomic mass is 16.1. The van der Waals surface area contributed by atoms with Gasteiger partial charge in [-0.15, -0.1) is 0 Å². The van der Waals surface area contributed by atoms with Crippen LogP contribution in [0.4, 0.5) is 0 Å². The molecule has 0 bridgehead atoms. The van der Waals surface area contributed by atoms with E-state index in [0.29, 0.717) is 11.8 Å². The number of H-pyrrole nitrogens is 1. The summed E-state index contributed by atoms with van der Waals surface area (Å²) in [5, 5.41) is 1.49. The van der Waals surface area contributed by atoms with Gasteiger partial charge in [0.05, 0.1) is 6.04 Å². The van der Waals surface area contributed by atoms with Crippen molar-refractivity contribution in [3.8, 4) is 0 Å². The van der Waals surface area contributed by atoms with Gasteiger partial charge in [0.15, 0.2) is 5.78 Å². The molecule has 0 aliphatic rings. The molecular weight excluding hydrogens is 300 g/mol. The van der Waals surface area contributed by atoms with Gasteiger partial charge in [-0.2, -0.15) is 0 Å². The minimum Gasteiger partial charge on any atom is -0.329 e. The van der Waals surface area contributed by atoms with Crippen LogP contribution in [-0.4, -0.2) is 29.8 Å². The minimum atomic E-state index is -0.277. The summed E-state index contributed by atoms with van der Waals surface area (Å²) in [6, 6.07) is 16.9. The van der Waals surface area contributed by atoms with Gasteiger partial charge >= 0.3 is 0 Å². The highest BCUT2D eigenvalue weighted by Crippen LogP contribution is 2.22. The first kappa shape index (κ1) is 16.1. The number of nitrogens with zero attached hydrogens (tertiary/aromatic N) is 1. The van der Waals surface area contributed by atoms with Crippen molar-refractivity contribution in [3.63, 3.8) is 0 Å². The number of rotatable bonds is 5. The van der Waals surface area contributed by atoms with E-state index in [1.54, 1.807) is 12.3 Å². The summed E-state index contributed by atoms with van der Waals surface area (Å²) in [5.41, 5.74) is 1.80. The van der Waals surface area contributed by atoms with Gasteiger partial charge in [-0.05, 0) is 42.7 Å². The number of pyridine rings is 1. The zero-order chi connectivity index (χ0) is 17.1. The SMILES string of the molecule is CN(C)C(C(=O)Cc1ccc2c(=O)[nH]ccc2c1)c1ccccc1. The smallest absolute Gasteiger partial charge is 0.255 e. The fourth-order valence-corrected chi connectivity index (χ4v) is 3.06. The van der Waals surface area contributed by atoms with Crippen molar-refractivity contribution in [1.29, 1.82) is 0 Å². The summed E-state index contributed by atoms with van der Waals surface area (Å²) in [4.78, 5) is 29.2. The number of likely N-dealkylation sites (N-methyl/N-ethyl adjacent to an activating group) is 1. The van der Waals surface area contributed by atoms with Crippen molar-refractivity contribution in [3.05, 3.63) is 82.3 Å². The Morgan fingerprint density at radius 3 is 2.54 bits per heavy atom. The summed E-state index contributed by atoms with van der Waals surface area (Å²) >= 11 is 0. The third-order valence-electron chi connectivity index (χ3n) is 4.15. The molecule has 2 aromatic carbocycles. The van der Waals surface area contributed by atoms with Crippen LogP contribution in [0.25, 0.3) is 10.8 Å². The van der Waals surface area contributed by atoms with Gasteiger partial charge < -0.3 is 4.98 Å². The Balaban J connectivity index is 1.89. The highest BCUT2D eigenvalue weighted by Gasteiger charge is 2.22. The zero-order valence-electron chi connectivity index (χ0n) is 13.8. The fraction of sp³-hybridized carbons (Fsp3) is 0.200. The number of aromatic amines is 1. The molecule has 1 aromatic heterocycles. The van der Waals surface area contributed by atoms with Gasteiger partial charge in [0.2, 0.25) is 0 Å². The van der Waals surface area contributed by atoms with Gasteiger partial charge in [-0.1, -0.05) is 42.5 Å². The van der Waals surface area contributed by atoms with Crippen LogP contribution >= 0.6 is 0 Å². The van der Waals surface area contributed by atoms with Gasteiger partial charge in [-0.25, -0.2) is 0 Å². The lowest BCUT2D eigenvalue weighted by Crippen LogP contribution is -2.28. The normalized spacial score (nSPS) is 12.5. The molecule has 0 saturated heterocycles. The number of nitrogens with one attached hydrogen (secondary N) is 1. The number of carbonyl (C=O) groups is 1. The van der Waals surface area contributed by atoms with Crippen LogP contribution in [-0.2, 0) is 11.2 Å². The summed E-state index contributed by atoms with van der Waals surface area (Å²) in [7, 11) is 3.82. The summed E-state index contributed by atoms with van der Waals surface area (Å²) < 4.78 is 0. The molecule has 24 heavy (non-hydrogen) atoms. The van der Waals surface area contributed by atoms with E-state index in [2.05, 4.69) is 4.98 Å². The van der Waals surface area contributed by atoms with E-state index in [1.165, 1.54) is 0 Å². The second-order valence-electron chi connectivity index (χ2n) is 6.15. The predicted molar refractivity (Wildman–Crippen MR) is 96.1 cm³/mol. The molecule has 0 aliphatic heterocycles. The summed E-state index contributed by atoms with van der Waals surface area (Å²) in [5.74, 6) is 0.135. The number of aromatic nitrogens is 1. The lowest BCUT2D eigenvalue weighted by atomic mass is 9.96. The number of carbonyl (C=O) groups excluding carboxylic acids is 1. The Morgan fingerprint density at radius 2 is 1.83 bits per heavy atom. The Bertz CT molecular complexity index is 914. The highest BCUT2D eigenvalue weighted by molar-refractivity contribution is 5.89. The van der Waals surface area contributed by atoms with Crippen LogP contribution in [0.5, 0.6) is 0 Å². The van der Waals surface area contributed by atoms with Gasteiger partial charge in [0.1, 0.15) is 0 Å². The van der Waals surface area contributed by atoms with Gasteiger partial charge in [0, 0.05) is 18.0 Å². The van der Waals surface area contributed by atoms with Crippen LogP contribution in [0.3, 0.4) is 0 Å². The van der Waals surface area contributed by atoms with E-state index in [4.69, 9.17) is 0 Å². The molecule has 0 radical (unpaired) electrons. The van der Waals surface area contributed by atoms with E-state index >= 15 is 0 Å². The van der Waals surface area contributed by atoms with Gasteiger partial charge in [0.25, 0.3) is 5.56 Å². The van der Waals surface area contributed by atoms with Crippen molar-refractivity contribution >= 4 is 16.6 Å². The Hall–Kier alpha value is -2.72. The van der Waals surface area contributed by atoms with E-state index in [1.807, 2.05) is 67.5 Å². The number of hydrogen-bond acceptors (Lipinski definition) is 3. The average molecular weight is 320 g/mol. The molecule has 1 unspecified atom stereocenters. The van der Waals surface area contributed by atoms with Crippen molar-refractivity contribution in [1.82, 2.24) is 9.88 Å². The fourth-order valence-electron chi connectivity index (χ4n) is 3.06. The largest absolute Gasteiger partial charge is 0.329 e. The maximum absolute atomic E-state index is 12.8. The third kappa shape index (κ3) is 3.29. The molecule has 0 fully saturated rings. The molecule has 0 amide bonds. The van der Waals surface area contributed by atoms with E-state index in [-0.39, 0.29) is 17.4 Å². The van der Waals surface area contributed by atoms with Crippen LogP contribution < -0.4 is 5.56 Å². The van der Waals surface area contributed by atoms with Gasteiger partial charge in [-0.3, -0.25) is 14.5 Å². The molecule has 3 aromatic rings. The van der Waals surface area contributed by atoms with Crippen molar-refractivity contribution in [2.75, 3.05) is 14.1 Å². The molecule has 4 nitrogen and oxygen atoms in total. The van der Waals surface area contributed by atoms with Crippen LogP contribution in [0, 0.1) is 0 Å².